The van der Waals surface area contributed by atoms with Gasteiger partial charge in [0.2, 0.25) is 5.91 Å². The second-order valence-corrected chi connectivity index (χ2v) is 8.11. The van der Waals surface area contributed by atoms with Gasteiger partial charge in [0.15, 0.2) is 0 Å². The Kier molecular flexibility index (Phi) is 6.91. The van der Waals surface area contributed by atoms with Gasteiger partial charge in [0.05, 0.1) is 6.33 Å². The molecule has 0 saturated carbocycles. The van der Waals surface area contributed by atoms with Crippen molar-refractivity contribution in [3.05, 3.63) is 77.9 Å². The molecule has 2 aromatic carbocycles. The normalized spacial score (nSPS) is 13.9. The lowest BCUT2D eigenvalue weighted by Gasteiger charge is -2.21. The highest BCUT2D eigenvalue weighted by atomic mass is 16.5. The van der Waals surface area contributed by atoms with Crippen LogP contribution in [0.5, 0.6) is 0 Å². The molecule has 0 bridgehead atoms. The summed E-state index contributed by atoms with van der Waals surface area (Å²) >= 11 is 0. The van der Waals surface area contributed by atoms with Crippen LogP contribution in [0.15, 0.2) is 61.1 Å². The van der Waals surface area contributed by atoms with E-state index in [2.05, 4.69) is 20.6 Å². The molecule has 4 rings (SSSR count). The van der Waals surface area contributed by atoms with Crippen LogP contribution in [-0.2, 0) is 20.7 Å². The third kappa shape index (κ3) is 4.93. The molecule has 0 aliphatic heterocycles. The predicted octanol–water partition coefficient (Wildman–Crippen LogP) is 2.84. The van der Waals surface area contributed by atoms with E-state index in [1.807, 2.05) is 48.5 Å². The van der Waals surface area contributed by atoms with Gasteiger partial charge in [0, 0.05) is 24.2 Å². The highest BCUT2D eigenvalue weighted by Gasteiger charge is 2.30. The van der Waals surface area contributed by atoms with Crippen LogP contribution in [0.3, 0.4) is 0 Å². The fraction of sp³-hybridized carbons (Fsp3) is 0.280. The SMILES string of the molecule is CC[C@H](NC(=O)[C@H](Cc1cnc[nH]1)NC(=O)OCC1c2ccccc2-c2ccccc21)C(=O)O. The number of carboxylic acids is 1. The minimum atomic E-state index is -1.14. The molecule has 9 heteroatoms. The van der Waals surface area contributed by atoms with Crippen LogP contribution in [0.2, 0.25) is 0 Å². The van der Waals surface area contributed by atoms with Gasteiger partial charge >= 0.3 is 12.1 Å². The lowest BCUT2D eigenvalue weighted by molar-refractivity contribution is -0.142. The number of amides is 2. The number of rotatable bonds is 9. The third-order valence-electron chi connectivity index (χ3n) is 5.95. The highest BCUT2D eigenvalue weighted by Crippen LogP contribution is 2.44. The molecule has 0 spiro atoms. The molecule has 4 N–H and O–H groups in total. The third-order valence-corrected chi connectivity index (χ3v) is 5.95. The molecule has 2 atom stereocenters. The molecule has 2 amide bonds. The minimum Gasteiger partial charge on any atom is -0.480 e. The van der Waals surface area contributed by atoms with Crippen molar-refractivity contribution >= 4 is 18.0 Å². The zero-order valence-electron chi connectivity index (χ0n) is 18.7. The van der Waals surface area contributed by atoms with Crippen LogP contribution in [0.1, 0.15) is 36.1 Å². The van der Waals surface area contributed by atoms with Crippen molar-refractivity contribution in [3.8, 4) is 11.1 Å². The zero-order valence-corrected chi connectivity index (χ0v) is 18.7. The number of benzene rings is 2. The highest BCUT2D eigenvalue weighted by molar-refractivity contribution is 5.89. The summed E-state index contributed by atoms with van der Waals surface area (Å²) in [5.41, 5.74) is 5.00. The van der Waals surface area contributed by atoms with Crippen LogP contribution in [0.25, 0.3) is 11.1 Å². The van der Waals surface area contributed by atoms with Crippen LogP contribution in [-0.4, -0.2) is 51.7 Å². The Morgan fingerprint density at radius 2 is 1.68 bits per heavy atom. The minimum absolute atomic E-state index is 0.102. The van der Waals surface area contributed by atoms with E-state index in [9.17, 15) is 19.5 Å². The maximum absolute atomic E-state index is 12.8. The van der Waals surface area contributed by atoms with E-state index >= 15 is 0 Å². The molecule has 0 saturated heterocycles. The number of carboxylic acid groups (broad SMARTS) is 1. The topological polar surface area (TPSA) is 133 Å². The van der Waals surface area contributed by atoms with E-state index in [1.165, 1.54) is 12.5 Å². The van der Waals surface area contributed by atoms with Crippen molar-refractivity contribution in [1.29, 1.82) is 0 Å². The van der Waals surface area contributed by atoms with Gasteiger partial charge in [-0.3, -0.25) is 4.79 Å². The van der Waals surface area contributed by atoms with E-state index in [0.29, 0.717) is 5.69 Å². The average Bonchev–Trinajstić information content (AvgIpc) is 3.46. The number of aromatic amines is 1. The second-order valence-electron chi connectivity index (χ2n) is 8.11. The van der Waals surface area contributed by atoms with Gasteiger partial charge in [-0.05, 0) is 28.7 Å². The Morgan fingerprint density at radius 3 is 2.24 bits per heavy atom. The van der Waals surface area contributed by atoms with Crippen molar-refractivity contribution < 1.29 is 24.2 Å². The standard InChI is InChI=1S/C25H26N4O5/c1-2-21(24(31)32)28-23(30)22(11-15-12-26-14-27-15)29-25(33)34-13-20-18-9-5-3-7-16(18)17-8-4-6-10-19(17)20/h3-10,12,14,20-22H,2,11,13H2,1H3,(H,26,27)(H,28,30)(H,29,33)(H,31,32)/t21-,22-/m0/s1. The number of fused-ring (bicyclic) bond motifs is 3. The summed E-state index contributed by atoms with van der Waals surface area (Å²) < 4.78 is 5.55. The number of alkyl carbamates (subject to hydrolysis) is 1. The largest absolute Gasteiger partial charge is 0.480 e. The van der Waals surface area contributed by atoms with E-state index in [0.717, 1.165) is 22.3 Å². The lowest BCUT2D eigenvalue weighted by atomic mass is 9.98. The molecule has 0 fully saturated rings. The number of hydrogen-bond donors (Lipinski definition) is 4. The summed E-state index contributed by atoms with van der Waals surface area (Å²) in [6.45, 7) is 1.76. The lowest BCUT2D eigenvalue weighted by Crippen LogP contribution is -2.52. The number of aliphatic carboxylic acids is 1. The Hall–Kier alpha value is -4.14. The number of aromatic nitrogens is 2. The number of carbonyl (C=O) groups is 3. The van der Waals surface area contributed by atoms with Crippen molar-refractivity contribution in [2.24, 2.45) is 0 Å². The van der Waals surface area contributed by atoms with Gasteiger partial charge in [-0.2, -0.15) is 0 Å². The zero-order chi connectivity index (χ0) is 24.1. The van der Waals surface area contributed by atoms with Gasteiger partial charge in [-0.1, -0.05) is 55.5 Å². The fourth-order valence-corrected chi connectivity index (χ4v) is 4.22. The maximum atomic E-state index is 12.8. The number of hydrogen-bond acceptors (Lipinski definition) is 5. The first-order valence-electron chi connectivity index (χ1n) is 11.1. The van der Waals surface area contributed by atoms with Crippen molar-refractivity contribution in [1.82, 2.24) is 20.6 Å². The first kappa shape index (κ1) is 23.0. The molecule has 1 aliphatic carbocycles. The summed E-state index contributed by atoms with van der Waals surface area (Å²) in [6, 6.07) is 13.9. The first-order valence-corrected chi connectivity index (χ1v) is 11.1. The number of imidazole rings is 1. The van der Waals surface area contributed by atoms with Gasteiger partial charge < -0.3 is 25.5 Å². The van der Waals surface area contributed by atoms with Gasteiger partial charge in [0.1, 0.15) is 18.7 Å². The monoisotopic (exact) mass is 462 g/mol. The molecule has 34 heavy (non-hydrogen) atoms. The number of nitrogens with zero attached hydrogens (tertiary/aromatic N) is 1. The summed E-state index contributed by atoms with van der Waals surface area (Å²) in [5, 5.41) is 14.3. The van der Waals surface area contributed by atoms with Gasteiger partial charge in [0.25, 0.3) is 0 Å². The molecule has 3 aromatic rings. The number of nitrogens with one attached hydrogen (secondary N) is 3. The molecule has 1 aliphatic rings. The summed E-state index contributed by atoms with van der Waals surface area (Å²) in [7, 11) is 0. The molecular weight excluding hydrogens is 436 g/mol. The predicted molar refractivity (Wildman–Crippen MR) is 124 cm³/mol. The molecule has 0 radical (unpaired) electrons. The molecule has 0 unspecified atom stereocenters. The summed E-state index contributed by atoms with van der Waals surface area (Å²) in [5.74, 6) is -1.87. The Balaban J connectivity index is 1.45. The molecule has 9 nitrogen and oxygen atoms in total. The van der Waals surface area contributed by atoms with E-state index in [-0.39, 0.29) is 25.4 Å². The number of carbonyl (C=O) groups excluding carboxylic acids is 2. The van der Waals surface area contributed by atoms with E-state index in [1.54, 1.807) is 6.92 Å². The molecular formula is C25H26N4O5. The van der Waals surface area contributed by atoms with Gasteiger partial charge in [-0.15, -0.1) is 0 Å². The second kappa shape index (κ2) is 10.2. The number of ether oxygens (including phenoxy) is 1. The molecule has 176 valence electrons. The Labute approximate surface area is 196 Å². The Morgan fingerprint density at radius 1 is 1.03 bits per heavy atom. The fourth-order valence-electron chi connectivity index (χ4n) is 4.22. The van der Waals surface area contributed by atoms with Crippen LogP contribution in [0.4, 0.5) is 4.79 Å². The van der Waals surface area contributed by atoms with Crippen LogP contribution >= 0.6 is 0 Å². The quantitative estimate of drug-likeness (QED) is 0.386. The van der Waals surface area contributed by atoms with E-state index in [4.69, 9.17) is 4.74 Å². The number of H-pyrrole nitrogens is 1. The summed E-state index contributed by atoms with van der Waals surface area (Å²) in [4.78, 5) is 43.6. The van der Waals surface area contributed by atoms with E-state index < -0.39 is 30.1 Å². The molecule has 1 aromatic heterocycles. The van der Waals surface area contributed by atoms with Gasteiger partial charge in [-0.25, -0.2) is 14.6 Å². The smallest absolute Gasteiger partial charge is 0.407 e. The molecule has 1 heterocycles. The average molecular weight is 463 g/mol. The first-order chi connectivity index (χ1) is 16.5. The van der Waals surface area contributed by atoms with Crippen molar-refractivity contribution in [2.75, 3.05) is 6.61 Å². The van der Waals surface area contributed by atoms with Crippen LogP contribution < -0.4 is 10.6 Å². The maximum Gasteiger partial charge on any atom is 0.407 e. The van der Waals surface area contributed by atoms with Crippen molar-refractivity contribution in [2.45, 2.75) is 37.8 Å². The van der Waals surface area contributed by atoms with Crippen LogP contribution in [0, 0.1) is 0 Å². The summed E-state index contributed by atoms with van der Waals surface area (Å²) in [6.07, 6.45) is 2.55. The Bertz CT molecular complexity index is 1130. The van der Waals surface area contributed by atoms with Crippen molar-refractivity contribution in [3.63, 3.8) is 0 Å².